The lowest BCUT2D eigenvalue weighted by atomic mass is 10.1. The third kappa shape index (κ3) is 2.04. The number of fused-ring (bicyclic) bond motifs is 1. The second-order valence-corrected chi connectivity index (χ2v) is 6.96. The number of amides is 1. The van der Waals surface area contributed by atoms with Crippen LogP contribution in [0.15, 0.2) is 40.0 Å². The summed E-state index contributed by atoms with van der Waals surface area (Å²) < 4.78 is 31.0. The van der Waals surface area contributed by atoms with Crippen molar-refractivity contribution in [2.24, 2.45) is 0 Å². The molecule has 0 aliphatic carbocycles. The third-order valence-electron chi connectivity index (χ3n) is 3.40. The number of oxazole rings is 1. The molecular weight excluding hydrogens is 292 g/mol. The summed E-state index contributed by atoms with van der Waals surface area (Å²) in [7, 11) is -3.81. The lowest BCUT2D eigenvalue weighted by Gasteiger charge is -2.14. The number of rotatable bonds is 3. The van der Waals surface area contributed by atoms with Gasteiger partial charge in [-0.3, -0.25) is 4.79 Å². The van der Waals surface area contributed by atoms with Gasteiger partial charge >= 0.3 is 0 Å². The Morgan fingerprint density at radius 1 is 1.29 bits per heavy atom. The zero-order chi connectivity index (χ0) is 15.2. The van der Waals surface area contributed by atoms with E-state index in [1.165, 1.54) is 18.5 Å². The largest absolute Gasteiger partial charge is 0.448 e. The molecule has 7 heteroatoms. The van der Waals surface area contributed by atoms with Gasteiger partial charge in [0.25, 0.3) is 15.9 Å². The number of carbonyl (C=O) groups excluding carboxylic acids is 1. The summed E-state index contributed by atoms with van der Waals surface area (Å²) in [6.07, 6.45) is 1.27. The minimum absolute atomic E-state index is 0.0459. The van der Waals surface area contributed by atoms with Crippen LogP contribution in [0.4, 0.5) is 0 Å². The molecule has 2 aromatic rings. The van der Waals surface area contributed by atoms with Gasteiger partial charge in [0.2, 0.25) is 0 Å². The predicted octanol–water partition coefficient (Wildman–Crippen LogP) is 2.14. The summed E-state index contributed by atoms with van der Waals surface area (Å²) in [5, 5.41) is 0. The fraction of sp³-hybridized carbons (Fsp3) is 0.286. The summed E-state index contributed by atoms with van der Waals surface area (Å²) in [4.78, 5) is 16.4. The number of sulfonamides is 1. The number of carbonyl (C=O) groups is 1. The van der Waals surface area contributed by atoms with Crippen LogP contribution in [0.3, 0.4) is 0 Å². The highest BCUT2D eigenvalue weighted by atomic mass is 32.2. The molecule has 6 nitrogen and oxygen atoms in total. The molecule has 1 aliphatic heterocycles. The first-order valence-corrected chi connectivity index (χ1v) is 7.95. The molecule has 1 aromatic carbocycles. The minimum atomic E-state index is -3.81. The van der Waals surface area contributed by atoms with Crippen LogP contribution in [-0.2, 0) is 16.6 Å². The molecule has 0 fully saturated rings. The van der Waals surface area contributed by atoms with Crippen LogP contribution in [0, 0.1) is 0 Å². The smallest absolute Gasteiger partial charge is 0.269 e. The molecule has 0 spiro atoms. The van der Waals surface area contributed by atoms with Gasteiger partial charge in [-0.25, -0.2) is 17.7 Å². The van der Waals surface area contributed by atoms with E-state index in [1.807, 2.05) is 13.8 Å². The molecule has 110 valence electrons. The standard InChI is InChI=1S/C14H14N2O4S/c1-9(2)13-11(15-8-20-13)7-16-14(17)10-5-3-4-6-12(10)21(16,18)19/h3-6,8-9H,7H2,1-2H3. The SMILES string of the molecule is CC(C)c1ocnc1CN1C(=O)c2ccccc2S1(=O)=O. The summed E-state index contributed by atoms with van der Waals surface area (Å²) >= 11 is 0. The van der Waals surface area contributed by atoms with Crippen LogP contribution < -0.4 is 0 Å². The van der Waals surface area contributed by atoms with Crippen LogP contribution in [-0.4, -0.2) is 23.6 Å². The third-order valence-corrected chi connectivity index (χ3v) is 5.19. The first-order chi connectivity index (χ1) is 9.93. The van der Waals surface area contributed by atoms with Gasteiger partial charge in [-0.2, -0.15) is 0 Å². The van der Waals surface area contributed by atoms with E-state index in [-0.39, 0.29) is 22.9 Å². The Labute approximate surface area is 122 Å². The second-order valence-electron chi connectivity index (χ2n) is 5.13. The Kier molecular flexibility index (Phi) is 3.09. The fourth-order valence-electron chi connectivity index (χ4n) is 2.39. The van der Waals surface area contributed by atoms with Gasteiger partial charge in [0.05, 0.1) is 12.1 Å². The molecule has 0 saturated heterocycles. The monoisotopic (exact) mass is 306 g/mol. The highest BCUT2D eigenvalue weighted by Crippen LogP contribution is 2.32. The first kappa shape index (κ1) is 13.8. The Hall–Kier alpha value is -2.15. The molecule has 0 unspecified atom stereocenters. The summed E-state index contributed by atoms with van der Waals surface area (Å²) in [6.45, 7) is 3.72. The topological polar surface area (TPSA) is 80.5 Å². The lowest BCUT2D eigenvalue weighted by molar-refractivity contribution is 0.0863. The van der Waals surface area contributed by atoms with Crippen molar-refractivity contribution < 1.29 is 17.6 Å². The van der Waals surface area contributed by atoms with Crippen molar-refractivity contribution in [3.05, 3.63) is 47.7 Å². The summed E-state index contributed by atoms with van der Waals surface area (Å²) in [6, 6.07) is 6.20. The van der Waals surface area contributed by atoms with Gasteiger partial charge in [-0.05, 0) is 12.1 Å². The highest BCUT2D eigenvalue weighted by Gasteiger charge is 2.41. The average Bonchev–Trinajstić information content (AvgIpc) is 2.98. The summed E-state index contributed by atoms with van der Waals surface area (Å²) in [5.74, 6) is 0.127. The Morgan fingerprint density at radius 2 is 2.00 bits per heavy atom. The maximum atomic E-state index is 12.4. The Balaban J connectivity index is 2.02. The lowest BCUT2D eigenvalue weighted by Crippen LogP contribution is -2.30. The highest BCUT2D eigenvalue weighted by molar-refractivity contribution is 7.90. The number of aromatic nitrogens is 1. The van der Waals surface area contributed by atoms with E-state index in [0.717, 1.165) is 4.31 Å². The summed E-state index contributed by atoms with van der Waals surface area (Å²) in [5.41, 5.74) is 0.668. The van der Waals surface area contributed by atoms with Gasteiger partial charge in [-0.15, -0.1) is 0 Å². The molecular formula is C14H14N2O4S. The van der Waals surface area contributed by atoms with E-state index >= 15 is 0 Å². The van der Waals surface area contributed by atoms with Gasteiger partial charge in [0.1, 0.15) is 16.3 Å². The van der Waals surface area contributed by atoms with Crippen LogP contribution in [0.2, 0.25) is 0 Å². The first-order valence-electron chi connectivity index (χ1n) is 6.51. The van der Waals surface area contributed by atoms with Crippen molar-refractivity contribution in [1.82, 2.24) is 9.29 Å². The van der Waals surface area contributed by atoms with Crippen molar-refractivity contribution in [2.75, 3.05) is 0 Å². The molecule has 3 rings (SSSR count). The van der Waals surface area contributed by atoms with Crippen molar-refractivity contribution in [1.29, 1.82) is 0 Å². The van der Waals surface area contributed by atoms with Gasteiger partial charge < -0.3 is 4.42 Å². The Bertz CT molecular complexity index is 808. The molecule has 0 bridgehead atoms. The van der Waals surface area contributed by atoms with Crippen molar-refractivity contribution in [2.45, 2.75) is 31.2 Å². The predicted molar refractivity (Wildman–Crippen MR) is 74.1 cm³/mol. The normalized spacial score (nSPS) is 16.5. The van der Waals surface area contributed by atoms with E-state index in [1.54, 1.807) is 12.1 Å². The van der Waals surface area contributed by atoms with E-state index < -0.39 is 15.9 Å². The van der Waals surface area contributed by atoms with E-state index in [0.29, 0.717) is 11.5 Å². The number of hydrogen-bond donors (Lipinski definition) is 0. The second kappa shape index (κ2) is 4.70. The fourth-order valence-corrected chi connectivity index (χ4v) is 3.92. The van der Waals surface area contributed by atoms with Crippen LogP contribution in [0.5, 0.6) is 0 Å². The Morgan fingerprint density at radius 3 is 2.67 bits per heavy atom. The molecule has 0 atom stereocenters. The number of benzene rings is 1. The minimum Gasteiger partial charge on any atom is -0.448 e. The number of nitrogens with zero attached hydrogens (tertiary/aromatic N) is 2. The average molecular weight is 306 g/mol. The maximum Gasteiger partial charge on any atom is 0.269 e. The van der Waals surface area contributed by atoms with Gasteiger partial charge in [-0.1, -0.05) is 26.0 Å². The maximum absolute atomic E-state index is 12.4. The quantitative estimate of drug-likeness (QED) is 0.868. The molecule has 0 saturated carbocycles. The van der Waals surface area contributed by atoms with Gasteiger partial charge in [0, 0.05) is 5.92 Å². The van der Waals surface area contributed by atoms with Crippen molar-refractivity contribution >= 4 is 15.9 Å². The zero-order valence-corrected chi connectivity index (χ0v) is 12.4. The van der Waals surface area contributed by atoms with Crippen LogP contribution >= 0.6 is 0 Å². The molecule has 1 aliphatic rings. The van der Waals surface area contributed by atoms with Crippen molar-refractivity contribution in [3.8, 4) is 0 Å². The van der Waals surface area contributed by atoms with Gasteiger partial charge in [0.15, 0.2) is 6.39 Å². The van der Waals surface area contributed by atoms with E-state index in [4.69, 9.17) is 4.42 Å². The van der Waals surface area contributed by atoms with Crippen LogP contribution in [0.25, 0.3) is 0 Å². The molecule has 0 N–H and O–H groups in total. The molecule has 2 heterocycles. The molecule has 1 amide bonds. The molecule has 21 heavy (non-hydrogen) atoms. The van der Waals surface area contributed by atoms with Crippen molar-refractivity contribution in [3.63, 3.8) is 0 Å². The molecule has 0 radical (unpaired) electrons. The number of hydrogen-bond acceptors (Lipinski definition) is 5. The van der Waals surface area contributed by atoms with E-state index in [2.05, 4.69) is 4.98 Å². The van der Waals surface area contributed by atoms with E-state index in [9.17, 15) is 13.2 Å². The van der Waals surface area contributed by atoms with Crippen LogP contribution in [0.1, 0.15) is 41.6 Å². The molecule has 1 aromatic heterocycles. The zero-order valence-electron chi connectivity index (χ0n) is 11.6.